The average molecular weight is 241 g/mol. The van der Waals surface area contributed by atoms with Crippen LogP contribution in [0.4, 0.5) is 0 Å². The van der Waals surface area contributed by atoms with Crippen molar-refractivity contribution in [2.75, 3.05) is 19.7 Å². The molecule has 0 unspecified atom stereocenters. The van der Waals surface area contributed by atoms with Crippen LogP contribution in [0.5, 0.6) is 0 Å². The van der Waals surface area contributed by atoms with E-state index in [1.807, 2.05) is 0 Å². The molecule has 1 N–H and O–H groups in total. The van der Waals surface area contributed by atoms with E-state index in [4.69, 9.17) is 4.74 Å². The van der Waals surface area contributed by atoms with Crippen LogP contribution in [-0.4, -0.2) is 25.3 Å². The molecule has 0 saturated heterocycles. The number of rotatable bonds is 8. The lowest BCUT2D eigenvalue weighted by Crippen LogP contribution is -2.46. The van der Waals surface area contributed by atoms with E-state index in [9.17, 15) is 0 Å². The first-order valence-corrected chi connectivity index (χ1v) is 7.57. The van der Waals surface area contributed by atoms with E-state index in [0.717, 1.165) is 25.6 Å². The number of hydrogen-bond acceptors (Lipinski definition) is 2. The molecule has 0 aromatic carbocycles. The minimum atomic E-state index is 0.150. The van der Waals surface area contributed by atoms with Crippen molar-refractivity contribution in [3.8, 4) is 0 Å². The summed E-state index contributed by atoms with van der Waals surface area (Å²) >= 11 is 0. The monoisotopic (exact) mass is 241 g/mol. The summed E-state index contributed by atoms with van der Waals surface area (Å²) < 4.78 is 6.24. The number of ether oxygens (including phenoxy) is 1. The fourth-order valence-electron chi connectivity index (χ4n) is 2.59. The van der Waals surface area contributed by atoms with Crippen LogP contribution in [0.3, 0.4) is 0 Å². The molecule has 2 heteroatoms. The van der Waals surface area contributed by atoms with Gasteiger partial charge < -0.3 is 10.1 Å². The molecule has 0 aromatic heterocycles. The maximum absolute atomic E-state index is 6.24. The molecule has 102 valence electrons. The topological polar surface area (TPSA) is 21.3 Å². The van der Waals surface area contributed by atoms with E-state index in [-0.39, 0.29) is 5.60 Å². The summed E-state index contributed by atoms with van der Waals surface area (Å²) in [7, 11) is 0. The Morgan fingerprint density at radius 1 is 1.18 bits per heavy atom. The normalized spacial score (nSPS) is 29.5. The van der Waals surface area contributed by atoms with Crippen molar-refractivity contribution in [3.63, 3.8) is 0 Å². The summed E-state index contributed by atoms with van der Waals surface area (Å²) in [4.78, 5) is 0. The van der Waals surface area contributed by atoms with Gasteiger partial charge in [0.25, 0.3) is 0 Å². The lowest BCUT2D eigenvalue weighted by atomic mass is 9.79. The van der Waals surface area contributed by atoms with Crippen molar-refractivity contribution in [3.05, 3.63) is 0 Å². The van der Waals surface area contributed by atoms with Gasteiger partial charge in [-0.3, -0.25) is 0 Å². The molecule has 1 aliphatic rings. The van der Waals surface area contributed by atoms with Gasteiger partial charge in [-0.2, -0.15) is 0 Å². The van der Waals surface area contributed by atoms with Gasteiger partial charge in [0.15, 0.2) is 0 Å². The van der Waals surface area contributed by atoms with Crippen LogP contribution in [-0.2, 0) is 4.74 Å². The van der Waals surface area contributed by atoms with Gasteiger partial charge in [0, 0.05) is 13.2 Å². The third-order valence-corrected chi connectivity index (χ3v) is 3.97. The molecule has 0 atom stereocenters. The Bertz CT molecular complexity index is 173. The largest absolute Gasteiger partial charge is 0.374 e. The summed E-state index contributed by atoms with van der Waals surface area (Å²) in [6.45, 7) is 9.94. The first kappa shape index (κ1) is 15.0. The van der Waals surface area contributed by atoms with Crippen LogP contribution in [0.2, 0.25) is 0 Å². The highest BCUT2D eigenvalue weighted by Gasteiger charge is 2.34. The minimum Gasteiger partial charge on any atom is -0.374 e. The second kappa shape index (κ2) is 8.10. The van der Waals surface area contributed by atoms with Crippen LogP contribution in [0.15, 0.2) is 0 Å². The SMILES string of the molecule is CCCCOC1(CNCCC)CCC(C)CC1. The fourth-order valence-corrected chi connectivity index (χ4v) is 2.59. The minimum absolute atomic E-state index is 0.150. The van der Waals surface area contributed by atoms with Crippen molar-refractivity contribution < 1.29 is 4.74 Å². The highest BCUT2D eigenvalue weighted by atomic mass is 16.5. The zero-order valence-electron chi connectivity index (χ0n) is 12.1. The number of hydrogen-bond donors (Lipinski definition) is 1. The van der Waals surface area contributed by atoms with Crippen molar-refractivity contribution in [2.24, 2.45) is 5.92 Å². The molecule has 1 aliphatic carbocycles. The molecule has 1 fully saturated rings. The number of nitrogens with one attached hydrogen (secondary N) is 1. The molecule has 0 heterocycles. The molecule has 0 bridgehead atoms. The Morgan fingerprint density at radius 2 is 1.88 bits per heavy atom. The Kier molecular flexibility index (Phi) is 7.14. The lowest BCUT2D eigenvalue weighted by molar-refractivity contribution is -0.0759. The second-order valence-corrected chi connectivity index (χ2v) is 5.74. The van der Waals surface area contributed by atoms with Crippen LogP contribution < -0.4 is 5.32 Å². The van der Waals surface area contributed by atoms with Gasteiger partial charge >= 0.3 is 0 Å². The van der Waals surface area contributed by atoms with Crippen LogP contribution >= 0.6 is 0 Å². The van der Waals surface area contributed by atoms with Gasteiger partial charge in [-0.25, -0.2) is 0 Å². The van der Waals surface area contributed by atoms with Gasteiger partial charge in [0.1, 0.15) is 0 Å². The zero-order chi connectivity index (χ0) is 12.6. The summed E-state index contributed by atoms with van der Waals surface area (Å²) in [5.41, 5.74) is 0.150. The van der Waals surface area contributed by atoms with Gasteiger partial charge in [0.05, 0.1) is 5.60 Å². The van der Waals surface area contributed by atoms with E-state index in [2.05, 4.69) is 26.1 Å². The Morgan fingerprint density at radius 3 is 2.47 bits per heavy atom. The maximum atomic E-state index is 6.24. The standard InChI is InChI=1S/C15H31NO/c1-4-6-12-17-15(13-16-11-5-2)9-7-14(3)8-10-15/h14,16H,4-13H2,1-3H3. The molecule has 0 aromatic rings. The van der Waals surface area contributed by atoms with Crippen molar-refractivity contribution >= 4 is 0 Å². The van der Waals surface area contributed by atoms with Gasteiger partial charge in [-0.05, 0) is 51.0 Å². The van der Waals surface area contributed by atoms with Crippen molar-refractivity contribution in [2.45, 2.75) is 71.3 Å². The molecule has 0 amide bonds. The highest BCUT2D eigenvalue weighted by molar-refractivity contribution is 4.88. The predicted molar refractivity (Wildman–Crippen MR) is 74.4 cm³/mol. The second-order valence-electron chi connectivity index (χ2n) is 5.74. The summed E-state index contributed by atoms with van der Waals surface area (Å²) in [5.74, 6) is 0.893. The zero-order valence-corrected chi connectivity index (χ0v) is 12.1. The van der Waals surface area contributed by atoms with Crippen molar-refractivity contribution in [1.29, 1.82) is 0 Å². The predicted octanol–water partition coefficient (Wildman–Crippen LogP) is 3.75. The molecule has 17 heavy (non-hydrogen) atoms. The maximum Gasteiger partial charge on any atom is 0.0806 e. The molecule has 1 rings (SSSR count). The molecule has 0 aliphatic heterocycles. The third-order valence-electron chi connectivity index (χ3n) is 3.97. The first-order valence-electron chi connectivity index (χ1n) is 7.57. The quantitative estimate of drug-likeness (QED) is 0.653. The van der Waals surface area contributed by atoms with Gasteiger partial charge in [0.2, 0.25) is 0 Å². The molecule has 2 nitrogen and oxygen atoms in total. The molecule has 0 radical (unpaired) electrons. The van der Waals surface area contributed by atoms with E-state index in [0.29, 0.717) is 0 Å². The van der Waals surface area contributed by atoms with Crippen LogP contribution in [0.25, 0.3) is 0 Å². The summed E-state index contributed by atoms with van der Waals surface area (Å²) in [5, 5.41) is 3.56. The number of unbranched alkanes of at least 4 members (excludes halogenated alkanes) is 1. The average Bonchev–Trinajstić information content (AvgIpc) is 2.34. The van der Waals surface area contributed by atoms with Crippen LogP contribution in [0.1, 0.15) is 65.7 Å². The van der Waals surface area contributed by atoms with E-state index in [1.165, 1.54) is 44.9 Å². The Hall–Kier alpha value is -0.0800. The molecular formula is C15H31NO. The molecular weight excluding hydrogens is 210 g/mol. The fraction of sp³-hybridized carbons (Fsp3) is 1.00. The van der Waals surface area contributed by atoms with E-state index in [1.54, 1.807) is 0 Å². The highest BCUT2D eigenvalue weighted by Crippen LogP contribution is 2.34. The van der Waals surface area contributed by atoms with Crippen molar-refractivity contribution in [1.82, 2.24) is 5.32 Å². The molecule has 0 spiro atoms. The van der Waals surface area contributed by atoms with Gasteiger partial charge in [-0.1, -0.05) is 27.2 Å². The first-order chi connectivity index (χ1) is 8.22. The summed E-state index contributed by atoms with van der Waals surface area (Å²) in [6, 6.07) is 0. The smallest absolute Gasteiger partial charge is 0.0806 e. The Balaban J connectivity index is 2.39. The molecule has 1 saturated carbocycles. The van der Waals surface area contributed by atoms with Gasteiger partial charge in [-0.15, -0.1) is 0 Å². The third kappa shape index (κ3) is 5.39. The van der Waals surface area contributed by atoms with E-state index >= 15 is 0 Å². The summed E-state index contributed by atoms with van der Waals surface area (Å²) in [6.07, 6.45) is 8.80. The Labute approximate surface area is 108 Å². The van der Waals surface area contributed by atoms with E-state index < -0.39 is 0 Å². The van der Waals surface area contributed by atoms with Crippen LogP contribution in [0, 0.1) is 5.92 Å². The lowest BCUT2D eigenvalue weighted by Gasteiger charge is -2.39.